The van der Waals surface area contributed by atoms with E-state index >= 15 is 0 Å². The van der Waals surface area contributed by atoms with Gasteiger partial charge in [-0.3, -0.25) is 0 Å². The fourth-order valence-electron chi connectivity index (χ4n) is 1.07. The van der Waals surface area contributed by atoms with E-state index in [-0.39, 0.29) is 0 Å². The molecule has 13 heavy (non-hydrogen) atoms. The van der Waals surface area contributed by atoms with Crippen LogP contribution in [0.25, 0.3) is 4.48 Å². The summed E-state index contributed by atoms with van der Waals surface area (Å²) in [4.78, 5) is 0. The fourth-order valence-corrected chi connectivity index (χ4v) is 2.38. The molecule has 0 unspecified atom stereocenters. The third kappa shape index (κ3) is 3.43. The van der Waals surface area contributed by atoms with Gasteiger partial charge in [0.05, 0.1) is 0 Å². The van der Waals surface area contributed by atoms with Gasteiger partial charge in [0, 0.05) is 8.06 Å². The van der Waals surface area contributed by atoms with Crippen molar-refractivity contribution in [1.82, 2.24) is 0 Å². The van der Waals surface area contributed by atoms with Crippen LogP contribution in [-0.2, 0) is 0 Å². The first-order valence-electron chi connectivity index (χ1n) is 4.35. The summed E-state index contributed by atoms with van der Waals surface area (Å²) in [6.45, 7) is 2.20. The predicted octanol–water partition coefficient (Wildman–Crippen LogP) is 4.99. The van der Waals surface area contributed by atoms with Crippen LogP contribution in [0.3, 0.4) is 0 Å². The minimum Gasteiger partial charge on any atom is -0.0650 e. The van der Waals surface area contributed by atoms with Crippen LogP contribution >= 0.6 is 38.5 Å². The Bertz CT molecular complexity index is 290. The van der Waals surface area contributed by atoms with Gasteiger partial charge in [0.15, 0.2) is 0 Å². The molecule has 2 heteroatoms. The molecule has 0 aliphatic heterocycles. The Morgan fingerprint density at radius 3 is 2.46 bits per heavy atom. The van der Waals surface area contributed by atoms with E-state index in [1.54, 1.807) is 0 Å². The Labute approximate surface area is 102 Å². The predicted molar refractivity (Wildman–Crippen MR) is 71.2 cm³/mol. The Kier molecular flexibility index (Phi) is 5.02. The van der Waals surface area contributed by atoms with Crippen molar-refractivity contribution in [2.45, 2.75) is 19.8 Å². The van der Waals surface area contributed by atoms with Crippen LogP contribution in [0.1, 0.15) is 25.3 Å². The first-order chi connectivity index (χ1) is 6.25. The number of rotatable bonds is 3. The molecule has 0 aliphatic rings. The first kappa shape index (κ1) is 11.2. The number of allylic oxidation sites excluding steroid dienone is 1. The van der Waals surface area contributed by atoms with E-state index in [0.29, 0.717) is 0 Å². The normalized spacial score (nSPS) is 12.5. The molecule has 0 radical (unpaired) electrons. The molecule has 0 spiro atoms. The van der Waals surface area contributed by atoms with Crippen LogP contribution in [0.15, 0.2) is 33.9 Å². The Hall–Kier alpha value is 0.170. The van der Waals surface area contributed by atoms with Gasteiger partial charge in [0.2, 0.25) is 0 Å². The van der Waals surface area contributed by atoms with Crippen LogP contribution in [0.2, 0.25) is 0 Å². The molecule has 1 aromatic rings. The molecule has 1 rings (SSSR count). The molecular formula is C11H12BrI. The van der Waals surface area contributed by atoms with E-state index < -0.39 is 0 Å². The van der Waals surface area contributed by atoms with Gasteiger partial charge in [-0.15, -0.1) is 0 Å². The molecule has 0 aromatic heterocycles. The number of hydrogen-bond acceptors (Lipinski definition) is 0. The molecule has 0 amide bonds. The molecule has 0 aliphatic carbocycles. The fraction of sp³-hybridized carbons (Fsp3) is 0.273. The highest BCUT2D eigenvalue weighted by Crippen LogP contribution is 2.31. The van der Waals surface area contributed by atoms with Crippen LogP contribution in [0.4, 0.5) is 0 Å². The molecule has 0 saturated heterocycles. The van der Waals surface area contributed by atoms with Gasteiger partial charge in [0.1, 0.15) is 0 Å². The van der Waals surface area contributed by atoms with E-state index in [2.05, 4.69) is 69.7 Å². The zero-order valence-corrected chi connectivity index (χ0v) is 11.3. The van der Waals surface area contributed by atoms with Gasteiger partial charge in [-0.05, 0) is 50.5 Å². The zero-order valence-electron chi connectivity index (χ0n) is 7.56. The SMILES string of the molecule is CCC/C(I)=C(\Br)c1ccccc1. The summed E-state index contributed by atoms with van der Waals surface area (Å²) in [6, 6.07) is 10.4. The van der Waals surface area contributed by atoms with Crippen LogP contribution < -0.4 is 0 Å². The van der Waals surface area contributed by atoms with E-state index in [0.717, 1.165) is 6.42 Å². The van der Waals surface area contributed by atoms with Crippen molar-refractivity contribution in [3.05, 3.63) is 39.5 Å². The number of halogens is 2. The lowest BCUT2D eigenvalue weighted by Gasteiger charge is -2.03. The maximum atomic E-state index is 3.62. The molecule has 0 heterocycles. The second kappa shape index (κ2) is 5.81. The van der Waals surface area contributed by atoms with E-state index in [4.69, 9.17) is 0 Å². The van der Waals surface area contributed by atoms with Gasteiger partial charge >= 0.3 is 0 Å². The lowest BCUT2D eigenvalue weighted by molar-refractivity contribution is 0.957. The van der Waals surface area contributed by atoms with Crippen molar-refractivity contribution in [2.24, 2.45) is 0 Å². The second-order valence-electron chi connectivity index (χ2n) is 2.83. The number of hydrogen-bond donors (Lipinski definition) is 0. The monoisotopic (exact) mass is 350 g/mol. The van der Waals surface area contributed by atoms with Gasteiger partial charge in [0.25, 0.3) is 0 Å². The molecule has 70 valence electrons. The quantitative estimate of drug-likeness (QED) is 0.674. The highest BCUT2D eigenvalue weighted by atomic mass is 127. The van der Waals surface area contributed by atoms with E-state index in [9.17, 15) is 0 Å². The summed E-state index contributed by atoms with van der Waals surface area (Å²) >= 11 is 6.03. The van der Waals surface area contributed by atoms with Gasteiger partial charge in [-0.25, -0.2) is 0 Å². The standard InChI is InChI=1S/C11H12BrI/c1-2-6-10(13)11(12)9-7-4-3-5-8-9/h3-5,7-8H,2,6H2,1H3/b11-10+. The highest BCUT2D eigenvalue weighted by Gasteiger charge is 2.01. The summed E-state index contributed by atoms with van der Waals surface area (Å²) in [6.07, 6.45) is 2.34. The highest BCUT2D eigenvalue weighted by molar-refractivity contribution is 14.1. The minimum atomic E-state index is 1.15. The van der Waals surface area contributed by atoms with Crippen LogP contribution in [0, 0.1) is 0 Å². The van der Waals surface area contributed by atoms with Gasteiger partial charge in [-0.1, -0.05) is 43.7 Å². The summed E-state index contributed by atoms with van der Waals surface area (Å²) in [5.41, 5.74) is 1.26. The van der Waals surface area contributed by atoms with E-state index in [1.165, 1.54) is 20.0 Å². The maximum absolute atomic E-state index is 3.62. The van der Waals surface area contributed by atoms with Crippen molar-refractivity contribution >= 4 is 43.0 Å². The van der Waals surface area contributed by atoms with Crippen molar-refractivity contribution < 1.29 is 0 Å². The zero-order chi connectivity index (χ0) is 9.68. The topological polar surface area (TPSA) is 0 Å². The summed E-state index contributed by atoms with van der Waals surface area (Å²) in [7, 11) is 0. The Balaban J connectivity index is 2.89. The molecule has 0 N–H and O–H groups in total. The summed E-state index contributed by atoms with van der Waals surface area (Å²) in [5.74, 6) is 0. The molecule has 0 atom stereocenters. The molecule has 0 fully saturated rings. The van der Waals surface area contributed by atoms with Crippen LogP contribution in [0.5, 0.6) is 0 Å². The Morgan fingerprint density at radius 1 is 1.31 bits per heavy atom. The first-order valence-corrected chi connectivity index (χ1v) is 6.22. The molecule has 1 aromatic carbocycles. The summed E-state index contributed by atoms with van der Waals surface area (Å²) in [5, 5.41) is 0. The maximum Gasteiger partial charge on any atom is 0.0340 e. The van der Waals surface area contributed by atoms with Crippen molar-refractivity contribution in [3.63, 3.8) is 0 Å². The van der Waals surface area contributed by atoms with Crippen molar-refractivity contribution in [1.29, 1.82) is 0 Å². The van der Waals surface area contributed by atoms with Crippen molar-refractivity contribution in [3.8, 4) is 0 Å². The largest absolute Gasteiger partial charge is 0.0650 e. The average Bonchev–Trinajstić information content (AvgIpc) is 2.18. The molecule has 0 saturated carbocycles. The average molecular weight is 351 g/mol. The lowest BCUT2D eigenvalue weighted by Crippen LogP contribution is -1.79. The smallest absolute Gasteiger partial charge is 0.0340 e. The van der Waals surface area contributed by atoms with Gasteiger partial charge in [-0.2, -0.15) is 0 Å². The summed E-state index contributed by atoms with van der Waals surface area (Å²) < 4.78 is 2.63. The molecular weight excluding hydrogens is 339 g/mol. The van der Waals surface area contributed by atoms with E-state index in [1.807, 2.05) is 6.07 Å². The third-order valence-corrected chi connectivity index (χ3v) is 4.49. The third-order valence-electron chi connectivity index (χ3n) is 1.73. The minimum absolute atomic E-state index is 1.15. The molecule has 0 nitrogen and oxygen atoms in total. The van der Waals surface area contributed by atoms with Crippen molar-refractivity contribution in [2.75, 3.05) is 0 Å². The number of benzene rings is 1. The molecule has 0 bridgehead atoms. The van der Waals surface area contributed by atoms with Crippen LogP contribution in [-0.4, -0.2) is 0 Å². The lowest BCUT2D eigenvalue weighted by atomic mass is 10.2. The van der Waals surface area contributed by atoms with Gasteiger partial charge < -0.3 is 0 Å². The Morgan fingerprint density at radius 2 is 1.92 bits per heavy atom. The second-order valence-corrected chi connectivity index (χ2v) is 4.93.